The van der Waals surface area contributed by atoms with E-state index in [1.54, 1.807) is 29.2 Å². The van der Waals surface area contributed by atoms with Gasteiger partial charge in [0, 0.05) is 13.1 Å². The van der Waals surface area contributed by atoms with Crippen molar-refractivity contribution in [2.75, 3.05) is 13.1 Å². The maximum absolute atomic E-state index is 12.2. The molecule has 2 heterocycles. The molecule has 0 N–H and O–H groups in total. The van der Waals surface area contributed by atoms with Crippen molar-refractivity contribution in [3.8, 4) is 0 Å². The van der Waals surface area contributed by atoms with Crippen molar-refractivity contribution >= 4 is 16.9 Å². The average Bonchev–Trinajstić information content (AvgIpc) is 2.93. The summed E-state index contributed by atoms with van der Waals surface area (Å²) in [6, 6.07) is 6.97. The Morgan fingerprint density at radius 1 is 1.17 bits per heavy atom. The second-order valence-electron chi connectivity index (χ2n) is 4.47. The minimum absolute atomic E-state index is 0.135. The highest BCUT2D eigenvalue weighted by Crippen LogP contribution is 2.14. The zero-order valence-corrected chi connectivity index (χ0v) is 9.89. The normalized spacial score (nSPS) is 15.2. The van der Waals surface area contributed by atoms with Gasteiger partial charge in [0.05, 0.1) is 5.39 Å². The van der Waals surface area contributed by atoms with E-state index in [4.69, 9.17) is 4.42 Å². The summed E-state index contributed by atoms with van der Waals surface area (Å²) in [7, 11) is 0. The van der Waals surface area contributed by atoms with Crippen molar-refractivity contribution in [3.05, 3.63) is 46.3 Å². The molecule has 1 aliphatic rings. The van der Waals surface area contributed by atoms with Crippen LogP contribution in [0.1, 0.15) is 23.2 Å². The van der Waals surface area contributed by atoms with E-state index >= 15 is 0 Å². The molecule has 0 radical (unpaired) electrons. The smallest absolute Gasteiger partial charge is 0.261 e. The summed E-state index contributed by atoms with van der Waals surface area (Å²) in [6.45, 7) is 1.45. The van der Waals surface area contributed by atoms with Gasteiger partial charge < -0.3 is 9.32 Å². The van der Waals surface area contributed by atoms with E-state index in [0.29, 0.717) is 11.0 Å². The van der Waals surface area contributed by atoms with Crippen molar-refractivity contribution in [1.29, 1.82) is 0 Å². The lowest BCUT2D eigenvalue weighted by Gasteiger charge is -2.14. The SMILES string of the molecule is O=C(c1coc2ccccc2c1=O)N1CCCC1. The second-order valence-corrected chi connectivity index (χ2v) is 4.47. The Bertz CT molecular complexity index is 653. The van der Waals surface area contributed by atoms with Crippen molar-refractivity contribution in [2.24, 2.45) is 0 Å². The Balaban J connectivity index is 2.09. The number of fused-ring (bicyclic) bond motifs is 1. The predicted octanol–water partition coefficient (Wildman–Crippen LogP) is 2.03. The molecule has 4 nitrogen and oxygen atoms in total. The van der Waals surface area contributed by atoms with Crippen molar-refractivity contribution in [3.63, 3.8) is 0 Å². The molecule has 0 atom stereocenters. The number of hydrogen-bond acceptors (Lipinski definition) is 3. The second kappa shape index (κ2) is 4.29. The van der Waals surface area contributed by atoms with Gasteiger partial charge in [0.15, 0.2) is 0 Å². The lowest BCUT2D eigenvalue weighted by atomic mass is 10.1. The van der Waals surface area contributed by atoms with Crippen molar-refractivity contribution in [1.82, 2.24) is 4.90 Å². The minimum atomic E-state index is -0.242. The first-order valence-corrected chi connectivity index (χ1v) is 6.07. The van der Waals surface area contributed by atoms with Crippen LogP contribution in [0.2, 0.25) is 0 Å². The van der Waals surface area contributed by atoms with Gasteiger partial charge in [-0.1, -0.05) is 12.1 Å². The lowest BCUT2D eigenvalue weighted by molar-refractivity contribution is 0.0789. The van der Waals surface area contributed by atoms with Crippen LogP contribution in [0.25, 0.3) is 11.0 Å². The maximum atomic E-state index is 12.2. The molecule has 18 heavy (non-hydrogen) atoms. The molecule has 0 bridgehead atoms. The molecule has 1 amide bonds. The third-order valence-corrected chi connectivity index (χ3v) is 3.30. The number of carbonyl (C=O) groups is 1. The number of benzene rings is 1. The highest BCUT2D eigenvalue weighted by molar-refractivity contribution is 5.96. The van der Waals surface area contributed by atoms with Crippen LogP contribution in [-0.4, -0.2) is 23.9 Å². The van der Waals surface area contributed by atoms with Gasteiger partial charge in [-0.05, 0) is 25.0 Å². The molecule has 1 fully saturated rings. The predicted molar refractivity (Wildman–Crippen MR) is 67.6 cm³/mol. The van der Waals surface area contributed by atoms with Gasteiger partial charge in [0.2, 0.25) is 5.43 Å². The van der Waals surface area contributed by atoms with Gasteiger partial charge in [-0.3, -0.25) is 9.59 Å². The monoisotopic (exact) mass is 243 g/mol. The highest BCUT2D eigenvalue weighted by atomic mass is 16.3. The van der Waals surface area contributed by atoms with E-state index in [0.717, 1.165) is 25.9 Å². The number of likely N-dealkylation sites (tertiary alicyclic amines) is 1. The molecule has 0 saturated carbocycles. The summed E-state index contributed by atoms with van der Waals surface area (Å²) in [5.41, 5.74) is 0.407. The molecule has 0 spiro atoms. The summed E-state index contributed by atoms with van der Waals surface area (Å²) in [5, 5.41) is 0.461. The number of carbonyl (C=O) groups excluding carboxylic acids is 1. The number of rotatable bonds is 1. The topological polar surface area (TPSA) is 50.5 Å². The summed E-state index contributed by atoms with van der Waals surface area (Å²) in [6.07, 6.45) is 3.29. The third-order valence-electron chi connectivity index (χ3n) is 3.30. The number of nitrogens with zero attached hydrogens (tertiary/aromatic N) is 1. The summed E-state index contributed by atoms with van der Waals surface area (Å²) in [4.78, 5) is 26.1. The zero-order valence-electron chi connectivity index (χ0n) is 9.89. The van der Waals surface area contributed by atoms with Crippen LogP contribution in [0.5, 0.6) is 0 Å². The first-order valence-electron chi connectivity index (χ1n) is 6.07. The van der Waals surface area contributed by atoms with Gasteiger partial charge in [0.1, 0.15) is 17.4 Å². The van der Waals surface area contributed by atoms with Crippen LogP contribution in [0, 0.1) is 0 Å². The Labute approximate surface area is 104 Å². The summed E-state index contributed by atoms with van der Waals surface area (Å²) >= 11 is 0. The Hall–Kier alpha value is -2.10. The molecular formula is C14H13NO3. The largest absolute Gasteiger partial charge is 0.463 e. The molecular weight excluding hydrogens is 230 g/mol. The number of hydrogen-bond donors (Lipinski definition) is 0. The van der Waals surface area contributed by atoms with E-state index in [9.17, 15) is 9.59 Å². The van der Waals surface area contributed by atoms with Crippen molar-refractivity contribution in [2.45, 2.75) is 12.8 Å². The van der Waals surface area contributed by atoms with Gasteiger partial charge in [-0.2, -0.15) is 0 Å². The van der Waals surface area contributed by atoms with Crippen molar-refractivity contribution < 1.29 is 9.21 Å². The number of para-hydroxylation sites is 1. The summed E-state index contributed by atoms with van der Waals surface area (Å²) < 4.78 is 5.36. The molecule has 92 valence electrons. The fourth-order valence-corrected chi connectivity index (χ4v) is 2.32. The lowest BCUT2D eigenvalue weighted by Crippen LogP contribution is -2.31. The highest BCUT2D eigenvalue weighted by Gasteiger charge is 2.23. The zero-order chi connectivity index (χ0) is 12.5. The van der Waals surface area contributed by atoms with Gasteiger partial charge in [0.25, 0.3) is 5.91 Å². The molecule has 1 saturated heterocycles. The Morgan fingerprint density at radius 3 is 2.67 bits per heavy atom. The molecule has 1 aliphatic heterocycles. The van der Waals surface area contributed by atoms with E-state index in [-0.39, 0.29) is 16.9 Å². The van der Waals surface area contributed by atoms with Crippen LogP contribution >= 0.6 is 0 Å². The minimum Gasteiger partial charge on any atom is -0.463 e. The van der Waals surface area contributed by atoms with Crippen LogP contribution in [0.4, 0.5) is 0 Å². The van der Waals surface area contributed by atoms with Gasteiger partial charge >= 0.3 is 0 Å². The third kappa shape index (κ3) is 1.70. The van der Waals surface area contributed by atoms with Crippen LogP contribution in [0.15, 0.2) is 39.7 Å². The molecule has 1 aromatic heterocycles. The Kier molecular flexibility index (Phi) is 2.63. The first kappa shape index (κ1) is 11.0. The molecule has 3 rings (SSSR count). The van der Waals surface area contributed by atoms with Crippen LogP contribution in [0.3, 0.4) is 0 Å². The standard InChI is InChI=1S/C14H13NO3/c16-13-10-5-1-2-6-12(10)18-9-11(13)14(17)15-7-3-4-8-15/h1-2,5-6,9H,3-4,7-8H2. The van der Waals surface area contributed by atoms with Gasteiger partial charge in [-0.15, -0.1) is 0 Å². The summed E-state index contributed by atoms with van der Waals surface area (Å²) in [5.74, 6) is -0.216. The quantitative estimate of drug-likeness (QED) is 0.770. The fraction of sp³-hybridized carbons (Fsp3) is 0.286. The van der Waals surface area contributed by atoms with Crippen LogP contribution in [-0.2, 0) is 0 Å². The van der Waals surface area contributed by atoms with E-state index in [1.165, 1.54) is 6.26 Å². The maximum Gasteiger partial charge on any atom is 0.261 e. The number of amides is 1. The van der Waals surface area contributed by atoms with E-state index < -0.39 is 0 Å². The van der Waals surface area contributed by atoms with Gasteiger partial charge in [-0.25, -0.2) is 0 Å². The average molecular weight is 243 g/mol. The first-order chi connectivity index (χ1) is 8.77. The molecule has 1 aromatic carbocycles. The van der Waals surface area contributed by atoms with E-state index in [2.05, 4.69) is 0 Å². The molecule has 0 unspecified atom stereocenters. The molecule has 0 aliphatic carbocycles. The molecule has 4 heteroatoms. The molecule has 2 aromatic rings. The fourth-order valence-electron chi connectivity index (χ4n) is 2.32. The van der Waals surface area contributed by atoms with Crippen LogP contribution < -0.4 is 5.43 Å². The Morgan fingerprint density at radius 2 is 1.89 bits per heavy atom. The van der Waals surface area contributed by atoms with E-state index in [1.807, 2.05) is 0 Å².